The topological polar surface area (TPSA) is 299 Å². The Bertz CT molecular complexity index is 878. The van der Waals surface area contributed by atoms with Crippen molar-refractivity contribution in [3.63, 3.8) is 0 Å². The minimum Gasteiger partial charge on any atom is -0.479 e. The number of hydrogen-bond donors (Lipinski definition) is 8. The van der Waals surface area contributed by atoms with Gasteiger partial charge < -0.3 is 45.5 Å². The lowest BCUT2D eigenvalue weighted by molar-refractivity contribution is -0.335. The van der Waals surface area contributed by atoms with Crippen LogP contribution in [-0.2, 0) is 48.2 Å². The van der Waals surface area contributed by atoms with Crippen LogP contribution >= 0.6 is 0 Å². The lowest BCUT2D eigenvalue weighted by Gasteiger charge is -2.45. The maximum Gasteiger partial charge on any atom is 0.397 e. The second-order valence-corrected chi connectivity index (χ2v) is 8.82. The first-order chi connectivity index (χ1) is 14.5. The molecular formula is C12H21NO17S2. The van der Waals surface area contributed by atoms with Gasteiger partial charge in [-0.25, -0.2) is 13.2 Å². The third kappa shape index (κ3) is 6.71. The zero-order valence-corrected chi connectivity index (χ0v) is 17.2. The summed E-state index contributed by atoms with van der Waals surface area (Å²) in [5.41, 5.74) is 5.52. The number of carbonyl (C=O) groups is 1. The summed E-state index contributed by atoms with van der Waals surface area (Å²) in [5.74, 6) is -1.84. The van der Waals surface area contributed by atoms with E-state index in [0.717, 1.165) is 0 Å². The number of aliphatic hydroxyl groups is 4. The molecule has 2 rings (SSSR count). The number of nitrogens with two attached hydrogens (primary N) is 1. The van der Waals surface area contributed by atoms with Gasteiger partial charge in [-0.05, 0) is 0 Å². The van der Waals surface area contributed by atoms with Crippen molar-refractivity contribution in [3.05, 3.63) is 0 Å². The van der Waals surface area contributed by atoms with Gasteiger partial charge in [0.25, 0.3) is 0 Å². The summed E-state index contributed by atoms with van der Waals surface area (Å²) < 4.78 is 84.8. The molecule has 2 saturated heterocycles. The quantitative estimate of drug-likeness (QED) is 0.140. The maximum absolute atomic E-state index is 11.3. The average molecular weight is 515 g/mol. The fourth-order valence-corrected chi connectivity index (χ4v) is 3.75. The second-order valence-electron chi connectivity index (χ2n) is 6.68. The number of hydrogen-bond acceptors (Lipinski definition) is 15. The molecule has 2 aliphatic rings. The Morgan fingerprint density at radius 3 is 2.00 bits per heavy atom. The highest BCUT2D eigenvalue weighted by molar-refractivity contribution is 7.81. The molecule has 2 heterocycles. The molecule has 0 amide bonds. The Morgan fingerprint density at radius 1 is 0.906 bits per heavy atom. The van der Waals surface area contributed by atoms with E-state index in [2.05, 4.69) is 8.37 Å². The maximum atomic E-state index is 11.3. The van der Waals surface area contributed by atoms with E-state index in [4.69, 9.17) is 34.2 Å². The summed E-state index contributed by atoms with van der Waals surface area (Å²) in [7, 11) is -10.4. The molecule has 0 aromatic rings. The van der Waals surface area contributed by atoms with Gasteiger partial charge in [0.05, 0.1) is 12.6 Å². The van der Waals surface area contributed by atoms with Crippen molar-refractivity contribution < 1.29 is 78.8 Å². The third-order valence-corrected chi connectivity index (χ3v) is 5.33. The van der Waals surface area contributed by atoms with E-state index in [0.29, 0.717) is 0 Å². The zero-order chi connectivity index (χ0) is 24.6. The van der Waals surface area contributed by atoms with E-state index in [1.165, 1.54) is 0 Å². The van der Waals surface area contributed by atoms with E-state index in [1.807, 2.05) is 0 Å². The molecule has 0 aromatic heterocycles. The van der Waals surface area contributed by atoms with Gasteiger partial charge >= 0.3 is 26.8 Å². The van der Waals surface area contributed by atoms with Gasteiger partial charge in [-0.15, -0.1) is 0 Å². The van der Waals surface area contributed by atoms with E-state index >= 15 is 0 Å². The predicted molar refractivity (Wildman–Crippen MR) is 92.0 cm³/mol. The lowest BCUT2D eigenvalue weighted by Crippen LogP contribution is -2.66. The summed E-state index contributed by atoms with van der Waals surface area (Å²) in [5, 5.41) is 49.1. The van der Waals surface area contributed by atoms with Crippen LogP contribution in [0, 0.1) is 0 Å². The van der Waals surface area contributed by atoms with Gasteiger partial charge in [-0.1, -0.05) is 0 Å². The minimum absolute atomic E-state index is 1.10. The predicted octanol–water partition coefficient (Wildman–Crippen LogP) is -5.68. The van der Waals surface area contributed by atoms with Crippen LogP contribution in [0.4, 0.5) is 0 Å². The molecule has 2 fully saturated rings. The van der Waals surface area contributed by atoms with Gasteiger partial charge in [0, 0.05) is 0 Å². The molecule has 0 saturated carbocycles. The zero-order valence-electron chi connectivity index (χ0n) is 15.6. The Balaban J connectivity index is 2.36. The van der Waals surface area contributed by atoms with Crippen LogP contribution in [0.2, 0.25) is 0 Å². The smallest absolute Gasteiger partial charge is 0.397 e. The molecule has 188 valence electrons. The van der Waals surface area contributed by atoms with E-state index in [1.54, 1.807) is 0 Å². The van der Waals surface area contributed by atoms with E-state index < -0.39 is 94.7 Å². The molecular weight excluding hydrogens is 494 g/mol. The second kappa shape index (κ2) is 10.0. The molecule has 10 atom stereocenters. The van der Waals surface area contributed by atoms with Gasteiger partial charge in [0.15, 0.2) is 24.8 Å². The molecule has 0 aliphatic carbocycles. The minimum atomic E-state index is -5.34. The van der Waals surface area contributed by atoms with Crippen LogP contribution in [-0.4, -0.2) is 125 Å². The highest BCUT2D eigenvalue weighted by atomic mass is 32.3. The Kier molecular flexibility index (Phi) is 8.50. The number of carboxylic acids is 1. The highest BCUT2D eigenvalue weighted by Crippen LogP contribution is 2.30. The van der Waals surface area contributed by atoms with Gasteiger partial charge in [-0.2, -0.15) is 16.8 Å². The van der Waals surface area contributed by atoms with Crippen molar-refractivity contribution >= 4 is 26.8 Å². The molecule has 2 aliphatic heterocycles. The van der Waals surface area contributed by atoms with Gasteiger partial charge in [-0.3, -0.25) is 9.11 Å². The van der Waals surface area contributed by atoms with Crippen LogP contribution in [0.3, 0.4) is 0 Å². The molecule has 0 bridgehead atoms. The molecule has 32 heavy (non-hydrogen) atoms. The average Bonchev–Trinajstić information content (AvgIpc) is 2.64. The Morgan fingerprint density at radius 2 is 1.50 bits per heavy atom. The number of carboxylic acid groups (broad SMARTS) is 1. The van der Waals surface area contributed by atoms with Crippen molar-refractivity contribution in [2.45, 2.75) is 61.3 Å². The van der Waals surface area contributed by atoms with Crippen molar-refractivity contribution in [2.75, 3.05) is 6.61 Å². The van der Waals surface area contributed by atoms with E-state index in [-0.39, 0.29) is 0 Å². The fourth-order valence-electron chi connectivity index (χ4n) is 2.96. The van der Waals surface area contributed by atoms with Crippen LogP contribution in [0.5, 0.6) is 0 Å². The largest absolute Gasteiger partial charge is 0.479 e. The standard InChI is InChI=1S/C12H21NO17S2/c13-3-4(14)7(2(27-11(3)19)1-26-31(20,21)22)28-12-9(30-32(23,24)25)6(16)5(15)8(29-12)10(17)18/h2-9,11-12,14-16,19H,1,13H2,(H,17,18)(H,20,21,22)(H,23,24,25)/t2-,3-,4-,5+,6+,7-,8-,9-,11+,12-/m1/s1. The number of aliphatic carboxylic acids is 1. The molecule has 0 aromatic carbocycles. The number of rotatable bonds is 8. The van der Waals surface area contributed by atoms with Gasteiger partial charge in [0.2, 0.25) is 0 Å². The van der Waals surface area contributed by atoms with E-state index in [9.17, 15) is 42.1 Å². The molecule has 20 heteroatoms. The van der Waals surface area contributed by atoms with Crippen LogP contribution in [0.15, 0.2) is 0 Å². The summed E-state index contributed by atoms with van der Waals surface area (Å²) in [4.78, 5) is 11.3. The van der Waals surface area contributed by atoms with Crippen LogP contribution in [0.25, 0.3) is 0 Å². The number of ether oxygens (including phenoxy) is 3. The molecule has 0 spiro atoms. The summed E-state index contributed by atoms with van der Waals surface area (Å²) >= 11 is 0. The molecule has 0 unspecified atom stereocenters. The van der Waals surface area contributed by atoms with Crippen molar-refractivity contribution in [3.8, 4) is 0 Å². The lowest BCUT2D eigenvalue weighted by atomic mass is 9.96. The molecule has 18 nitrogen and oxygen atoms in total. The SMILES string of the molecule is N[C@@H]1[C@@H](O)[C@H](O[C@@H]2O[C@@H](C(=O)O)[C@@H](O)[C@H](O)[C@H]2OS(=O)(=O)O)[C@@H](COS(=O)(=O)O)O[C@@H]1O. The third-order valence-electron chi connectivity index (χ3n) is 4.44. The number of aliphatic hydroxyl groups excluding tert-OH is 4. The summed E-state index contributed by atoms with van der Waals surface area (Å²) in [6, 6.07) is -1.61. The molecule has 9 N–H and O–H groups in total. The highest BCUT2D eigenvalue weighted by Gasteiger charge is 2.53. The summed E-state index contributed by atoms with van der Waals surface area (Å²) in [6.45, 7) is -1.10. The van der Waals surface area contributed by atoms with Crippen LogP contribution in [0.1, 0.15) is 0 Å². The normalized spacial score (nSPS) is 41.3. The van der Waals surface area contributed by atoms with Crippen molar-refractivity contribution in [1.29, 1.82) is 0 Å². The van der Waals surface area contributed by atoms with Gasteiger partial charge in [0.1, 0.15) is 30.5 Å². The first kappa shape index (κ1) is 27.1. The molecule has 0 radical (unpaired) electrons. The van der Waals surface area contributed by atoms with Crippen LogP contribution < -0.4 is 5.73 Å². The van der Waals surface area contributed by atoms with Crippen molar-refractivity contribution in [2.24, 2.45) is 5.73 Å². The first-order valence-electron chi connectivity index (χ1n) is 8.46. The Hall–Kier alpha value is -1.11. The summed E-state index contributed by atoms with van der Waals surface area (Å²) in [6.07, 6.45) is -18.9. The monoisotopic (exact) mass is 515 g/mol. The Labute approximate surface area is 179 Å². The first-order valence-corrected chi connectivity index (χ1v) is 11.2. The van der Waals surface area contributed by atoms with Crippen molar-refractivity contribution in [1.82, 2.24) is 0 Å². The fraction of sp³-hybridized carbons (Fsp3) is 0.917.